The minimum atomic E-state index is -0.560. The Morgan fingerprint density at radius 2 is 1.60 bits per heavy atom. The minimum absolute atomic E-state index is 0. The molecule has 2 atom stereocenters. The van der Waals surface area contributed by atoms with E-state index in [0.717, 1.165) is 16.5 Å². The molecule has 0 unspecified atom stereocenters. The molecule has 0 fully saturated rings. The Labute approximate surface area is 155 Å². The van der Waals surface area contributed by atoms with Gasteiger partial charge in [0.25, 0.3) is 0 Å². The van der Waals surface area contributed by atoms with Crippen molar-refractivity contribution in [2.75, 3.05) is 13.2 Å². The van der Waals surface area contributed by atoms with Crippen LogP contribution in [-0.4, -0.2) is 24.4 Å². The fourth-order valence-corrected chi connectivity index (χ4v) is 2.74. The molecule has 0 heterocycles. The molecule has 0 saturated heterocycles. The molecule has 0 bridgehead atoms. The highest BCUT2D eigenvalue weighted by atomic mass is 35.5. The molecular weight excluding hydrogens is 334 g/mol. The monoisotopic (exact) mass is 357 g/mol. The molecular formula is C21H24ClNO2. The van der Waals surface area contributed by atoms with Crippen molar-refractivity contribution in [3.05, 3.63) is 78.4 Å². The largest absolute Gasteiger partial charge is 0.490 e. The van der Waals surface area contributed by atoms with Gasteiger partial charge in [-0.25, -0.2) is 0 Å². The van der Waals surface area contributed by atoms with Crippen molar-refractivity contribution in [2.24, 2.45) is 0 Å². The Balaban J connectivity index is 0.00000225. The van der Waals surface area contributed by atoms with E-state index < -0.39 is 6.10 Å². The summed E-state index contributed by atoms with van der Waals surface area (Å²) >= 11 is 0. The third-order valence-corrected chi connectivity index (χ3v) is 4.14. The SMILES string of the molecule is C[C@@H](NC[C@H](O)COc1cccc2ccccc12)c1ccccc1.Cl. The molecule has 3 nitrogen and oxygen atoms in total. The van der Waals surface area contributed by atoms with Gasteiger partial charge in [0.1, 0.15) is 18.5 Å². The van der Waals surface area contributed by atoms with Gasteiger partial charge in [-0.1, -0.05) is 66.7 Å². The van der Waals surface area contributed by atoms with E-state index in [1.807, 2.05) is 48.5 Å². The number of nitrogens with one attached hydrogen (secondary N) is 1. The van der Waals surface area contributed by atoms with Crippen molar-refractivity contribution in [3.63, 3.8) is 0 Å². The highest BCUT2D eigenvalue weighted by molar-refractivity contribution is 5.88. The van der Waals surface area contributed by atoms with Gasteiger partial charge in [0.15, 0.2) is 0 Å². The van der Waals surface area contributed by atoms with Gasteiger partial charge in [0.05, 0.1) is 0 Å². The number of halogens is 1. The third kappa shape index (κ3) is 5.20. The first-order valence-electron chi connectivity index (χ1n) is 8.31. The first-order valence-corrected chi connectivity index (χ1v) is 8.31. The van der Waals surface area contributed by atoms with E-state index in [1.165, 1.54) is 5.56 Å². The average molecular weight is 358 g/mol. The second-order valence-corrected chi connectivity index (χ2v) is 5.98. The third-order valence-electron chi connectivity index (χ3n) is 4.14. The molecule has 25 heavy (non-hydrogen) atoms. The highest BCUT2D eigenvalue weighted by Crippen LogP contribution is 2.25. The Morgan fingerprint density at radius 1 is 0.920 bits per heavy atom. The molecule has 132 valence electrons. The highest BCUT2D eigenvalue weighted by Gasteiger charge is 2.10. The quantitative estimate of drug-likeness (QED) is 0.660. The van der Waals surface area contributed by atoms with Crippen molar-refractivity contribution in [2.45, 2.75) is 19.1 Å². The number of aliphatic hydroxyl groups is 1. The lowest BCUT2D eigenvalue weighted by molar-refractivity contribution is 0.105. The maximum absolute atomic E-state index is 10.2. The summed E-state index contributed by atoms with van der Waals surface area (Å²) in [7, 11) is 0. The van der Waals surface area contributed by atoms with Crippen LogP contribution in [0.25, 0.3) is 10.8 Å². The predicted molar refractivity (Wildman–Crippen MR) is 106 cm³/mol. The normalized spacial score (nSPS) is 13.0. The molecule has 0 aromatic heterocycles. The second-order valence-electron chi connectivity index (χ2n) is 5.98. The van der Waals surface area contributed by atoms with E-state index in [2.05, 4.69) is 36.5 Å². The Morgan fingerprint density at radius 3 is 2.40 bits per heavy atom. The van der Waals surface area contributed by atoms with Gasteiger partial charge < -0.3 is 15.2 Å². The van der Waals surface area contributed by atoms with Crippen LogP contribution in [-0.2, 0) is 0 Å². The second kappa shape index (κ2) is 9.42. The summed E-state index contributed by atoms with van der Waals surface area (Å²) in [5.41, 5.74) is 1.21. The Hall–Kier alpha value is -2.07. The van der Waals surface area contributed by atoms with Crippen LogP contribution in [0, 0.1) is 0 Å². The lowest BCUT2D eigenvalue weighted by Crippen LogP contribution is -2.33. The molecule has 0 aliphatic carbocycles. The van der Waals surface area contributed by atoms with Crippen molar-refractivity contribution < 1.29 is 9.84 Å². The van der Waals surface area contributed by atoms with E-state index >= 15 is 0 Å². The maximum atomic E-state index is 10.2. The smallest absolute Gasteiger partial charge is 0.127 e. The summed E-state index contributed by atoms with van der Waals surface area (Å²) < 4.78 is 5.83. The maximum Gasteiger partial charge on any atom is 0.127 e. The molecule has 2 N–H and O–H groups in total. The van der Waals surface area contributed by atoms with Crippen LogP contribution < -0.4 is 10.1 Å². The van der Waals surface area contributed by atoms with Gasteiger partial charge in [0.2, 0.25) is 0 Å². The minimum Gasteiger partial charge on any atom is -0.490 e. The molecule has 0 aliphatic heterocycles. The predicted octanol–water partition coefficient (Wildman–Crippen LogP) is 4.35. The number of benzene rings is 3. The number of hydrogen-bond acceptors (Lipinski definition) is 3. The van der Waals surface area contributed by atoms with Crippen LogP contribution in [0.3, 0.4) is 0 Å². The molecule has 4 heteroatoms. The first-order chi connectivity index (χ1) is 11.7. The molecule has 3 aromatic rings. The van der Waals surface area contributed by atoms with Crippen molar-refractivity contribution in [1.82, 2.24) is 5.32 Å². The Kier molecular flexibility index (Phi) is 7.26. The molecule has 0 aliphatic rings. The van der Waals surface area contributed by atoms with Crippen molar-refractivity contribution in [1.29, 1.82) is 0 Å². The van der Waals surface area contributed by atoms with Crippen molar-refractivity contribution in [3.8, 4) is 5.75 Å². The molecule has 0 amide bonds. The number of fused-ring (bicyclic) bond motifs is 1. The van der Waals surface area contributed by atoms with Gasteiger partial charge in [-0.15, -0.1) is 12.4 Å². The summed E-state index contributed by atoms with van der Waals surface area (Å²) in [6.45, 7) is 2.84. The van der Waals surface area contributed by atoms with Crippen LogP contribution in [0.2, 0.25) is 0 Å². The summed E-state index contributed by atoms with van der Waals surface area (Å²) in [6.07, 6.45) is -0.560. The number of ether oxygens (including phenoxy) is 1. The van der Waals surface area contributed by atoms with Gasteiger partial charge >= 0.3 is 0 Å². The van der Waals surface area contributed by atoms with Crippen LogP contribution in [0.1, 0.15) is 18.5 Å². The van der Waals surface area contributed by atoms with Gasteiger partial charge in [-0.3, -0.25) is 0 Å². The zero-order valence-corrected chi connectivity index (χ0v) is 15.1. The average Bonchev–Trinajstić information content (AvgIpc) is 2.65. The molecule has 3 rings (SSSR count). The van der Waals surface area contributed by atoms with E-state index in [9.17, 15) is 5.11 Å². The number of rotatable bonds is 7. The lowest BCUT2D eigenvalue weighted by Gasteiger charge is -2.18. The molecule has 3 aromatic carbocycles. The first kappa shape index (κ1) is 19.3. The van der Waals surface area contributed by atoms with Gasteiger partial charge in [-0.05, 0) is 23.9 Å². The standard InChI is InChI=1S/C21H23NO2.ClH/c1-16(17-8-3-2-4-9-17)22-14-19(23)15-24-21-13-7-11-18-10-5-6-12-20(18)21;/h2-13,16,19,22-23H,14-15H2,1H3;1H/t16-,19+;/m1./s1. The molecule has 0 saturated carbocycles. The van der Waals surface area contributed by atoms with Gasteiger partial charge in [0, 0.05) is 18.0 Å². The number of aliphatic hydroxyl groups excluding tert-OH is 1. The fraction of sp³-hybridized carbons (Fsp3) is 0.238. The summed E-state index contributed by atoms with van der Waals surface area (Å²) in [6, 6.07) is 24.5. The van der Waals surface area contributed by atoms with Crippen LogP contribution >= 0.6 is 12.4 Å². The zero-order valence-electron chi connectivity index (χ0n) is 14.3. The van der Waals surface area contributed by atoms with E-state index in [4.69, 9.17) is 4.74 Å². The van der Waals surface area contributed by atoms with Crippen LogP contribution in [0.4, 0.5) is 0 Å². The van der Waals surface area contributed by atoms with E-state index in [-0.39, 0.29) is 25.1 Å². The van der Waals surface area contributed by atoms with Crippen molar-refractivity contribution >= 4 is 23.2 Å². The van der Waals surface area contributed by atoms with Crippen LogP contribution in [0.5, 0.6) is 5.75 Å². The zero-order chi connectivity index (χ0) is 16.8. The van der Waals surface area contributed by atoms with E-state index in [0.29, 0.717) is 6.54 Å². The Bertz CT molecular complexity index is 774. The lowest BCUT2D eigenvalue weighted by atomic mass is 10.1. The van der Waals surface area contributed by atoms with Crippen LogP contribution in [0.15, 0.2) is 72.8 Å². The summed E-state index contributed by atoms with van der Waals surface area (Å²) in [5.74, 6) is 0.809. The topological polar surface area (TPSA) is 41.5 Å². The molecule has 0 radical (unpaired) electrons. The van der Waals surface area contributed by atoms with Gasteiger partial charge in [-0.2, -0.15) is 0 Å². The van der Waals surface area contributed by atoms with E-state index in [1.54, 1.807) is 0 Å². The summed E-state index contributed by atoms with van der Waals surface area (Å²) in [4.78, 5) is 0. The fourth-order valence-electron chi connectivity index (χ4n) is 2.74. The summed E-state index contributed by atoms with van der Waals surface area (Å²) in [5, 5.41) is 15.7. The molecule has 0 spiro atoms. The number of hydrogen-bond donors (Lipinski definition) is 2.